The van der Waals surface area contributed by atoms with Gasteiger partial charge in [0.2, 0.25) is 17.7 Å². The standard InChI is InChI=1S/2C18H26N2O3.C13H18N2O.3C2H6/c2*1-12-14(13-9-7-6-8-10-13)11-15(16(21)20(12)5)19-17(22)23-18(2,3)4;1-9-11(10-6-4-3-5-7-10)8-12(14)13(16)15(9)2;3*1-2/h2*6-10,12,14-15H,11H2,1-5H3,(H,19,22);3-7,9,11-12H,8,14H2,1-2H3;3*1-2H3/t12-,14-,15+;;9-,11-,12+;;;/m1.1.../s1. The summed E-state index contributed by atoms with van der Waals surface area (Å²) in [6.45, 7) is 29.0. The first-order valence-corrected chi connectivity index (χ1v) is 24.7. The number of nitrogens with one attached hydrogen (secondary N) is 2. The first-order valence-electron chi connectivity index (χ1n) is 24.7. The van der Waals surface area contributed by atoms with Gasteiger partial charge in [0.1, 0.15) is 23.3 Å². The Morgan fingerprint density at radius 3 is 1.00 bits per heavy atom. The molecular weight excluding hydrogens is 857 g/mol. The van der Waals surface area contributed by atoms with Crippen LogP contribution in [-0.2, 0) is 23.9 Å². The van der Waals surface area contributed by atoms with Crippen molar-refractivity contribution in [3.63, 3.8) is 0 Å². The molecule has 3 saturated heterocycles. The number of carbonyl (C=O) groups is 5. The molecule has 68 heavy (non-hydrogen) atoms. The maximum Gasteiger partial charge on any atom is 0.408 e. The number of carbonyl (C=O) groups excluding carboxylic acids is 5. The van der Waals surface area contributed by atoms with Crippen LogP contribution < -0.4 is 16.4 Å². The largest absolute Gasteiger partial charge is 0.444 e. The lowest BCUT2D eigenvalue weighted by Gasteiger charge is -2.41. The van der Waals surface area contributed by atoms with Crippen molar-refractivity contribution in [3.8, 4) is 0 Å². The van der Waals surface area contributed by atoms with Gasteiger partial charge in [-0.2, -0.15) is 0 Å². The van der Waals surface area contributed by atoms with Crippen molar-refractivity contribution < 1.29 is 33.4 Å². The van der Waals surface area contributed by atoms with Crippen molar-refractivity contribution in [2.45, 2.75) is 188 Å². The van der Waals surface area contributed by atoms with Gasteiger partial charge >= 0.3 is 12.2 Å². The SMILES string of the molecule is CC.CC.CC.CC1C(c2ccccc2)CC(NC(=O)OC(C)(C)C)C(=O)N1C.C[C@@H]1[C@H](c2ccccc2)C[C@H](N)C(=O)N1C.C[C@@H]1[C@H](c2ccccc2)C[C@H](NC(=O)OC(C)(C)C)C(=O)N1C. The molecule has 3 aromatic carbocycles. The van der Waals surface area contributed by atoms with Crippen LogP contribution in [0.1, 0.15) is 158 Å². The highest BCUT2D eigenvalue weighted by atomic mass is 16.6. The molecule has 6 rings (SSSR count). The van der Waals surface area contributed by atoms with E-state index in [1.165, 1.54) is 16.7 Å². The molecule has 0 spiro atoms. The molecule has 0 aliphatic carbocycles. The van der Waals surface area contributed by atoms with Crippen molar-refractivity contribution in [3.05, 3.63) is 108 Å². The van der Waals surface area contributed by atoms with Crippen molar-refractivity contribution in [1.82, 2.24) is 25.3 Å². The fraction of sp³-hybridized carbons (Fsp3) is 0.582. The van der Waals surface area contributed by atoms with E-state index in [9.17, 15) is 24.0 Å². The van der Waals surface area contributed by atoms with E-state index in [2.05, 4.69) is 54.0 Å². The number of alkyl carbamates (subject to hydrolysis) is 2. The van der Waals surface area contributed by atoms with Crippen LogP contribution in [-0.4, -0.2) is 113 Å². The summed E-state index contributed by atoms with van der Waals surface area (Å²) < 4.78 is 10.5. The fourth-order valence-electron chi connectivity index (χ4n) is 8.33. The summed E-state index contributed by atoms with van der Waals surface area (Å²) in [5.41, 5.74) is 8.32. The average Bonchev–Trinajstić information content (AvgIpc) is 3.32. The van der Waals surface area contributed by atoms with Gasteiger partial charge in [-0.05, 0) is 98.3 Å². The number of amides is 5. The third-order valence-electron chi connectivity index (χ3n) is 12.1. The number of nitrogens with two attached hydrogens (primary N) is 1. The summed E-state index contributed by atoms with van der Waals surface area (Å²) in [6.07, 6.45) is 0.798. The summed E-state index contributed by atoms with van der Waals surface area (Å²) in [5.74, 6) is 0.613. The van der Waals surface area contributed by atoms with Crippen molar-refractivity contribution >= 4 is 29.9 Å². The minimum atomic E-state index is -0.584. The number of likely N-dealkylation sites (tertiary alicyclic amines) is 3. The zero-order chi connectivity index (χ0) is 52.1. The van der Waals surface area contributed by atoms with Gasteiger partial charge in [0.05, 0.1) is 6.04 Å². The summed E-state index contributed by atoms with van der Waals surface area (Å²) in [6, 6.07) is 29.4. The average molecular weight is 945 g/mol. The highest BCUT2D eigenvalue weighted by molar-refractivity contribution is 5.87. The minimum Gasteiger partial charge on any atom is -0.444 e. The number of nitrogens with zero attached hydrogens (tertiary/aromatic N) is 3. The molecule has 4 N–H and O–H groups in total. The van der Waals surface area contributed by atoms with Gasteiger partial charge in [0, 0.05) is 57.0 Å². The van der Waals surface area contributed by atoms with E-state index in [4.69, 9.17) is 15.2 Å². The van der Waals surface area contributed by atoms with Crippen molar-refractivity contribution in [1.29, 1.82) is 0 Å². The first-order chi connectivity index (χ1) is 32.0. The van der Waals surface area contributed by atoms with Crippen LogP contribution in [0.15, 0.2) is 91.0 Å². The molecule has 9 atom stereocenters. The van der Waals surface area contributed by atoms with E-state index < -0.39 is 35.5 Å². The number of likely N-dealkylation sites (N-methyl/N-ethyl adjacent to an activating group) is 3. The number of benzene rings is 3. The molecule has 13 nitrogen and oxygen atoms in total. The van der Waals surface area contributed by atoms with E-state index in [1.54, 1.807) is 70.3 Å². The Balaban J connectivity index is 0.000000489. The maximum absolute atomic E-state index is 12.5. The number of rotatable bonds is 5. The van der Waals surface area contributed by atoms with E-state index >= 15 is 0 Å². The van der Waals surface area contributed by atoms with Gasteiger partial charge in [0.15, 0.2) is 0 Å². The van der Waals surface area contributed by atoms with Crippen LogP contribution in [0.5, 0.6) is 0 Å². The topological polar surface area (TPSA) is 164 Å². The molecule has 0 bridgehead atoms. The summed E-state index contributed by atoms with van der Waals surface area (Å²) in [7, 11) is 5.40. The van der Waals surface area contributed by atoms with Gasteiger partial charge in [0.25, 0.3) is 0 Å². The molecular formula is C55H88N6O7. The van der Waals surface area contributed by atoms with Crippen LogP contribution in [0, 0.1) is 0 Å². The lowest BCUT2D eigenvalue weighted by atomic mass is 9.82. The zero-order valence-corrected chi connectivity index (χ0v) is 44.8. The third kappa shape index (κ3) is 18.2. The minimum absolute atomic E-state index is 0.0553. The number of hydrogen-bond donors (Lipinski definition) is 3. The Bertz CT molecular complexity index is 1850. The molecule has 0 radical (unpaired) electrons. The lowest BCUT2D eigenvalue weighted by Crippen LogP contribution is -2.57. The normalized spacial score (nSPS) is 24.5. The highest BCUT2D eigenvalue weighted by Gasteiger charge is 2.41. The Morgan fingerprint density at radius 2 is 0.735 bits per heavy atom. The predicted octanol–water partition coefficient (Wildman–Crippen LogP) is 10.3. The molecule has 0 aromatic heterocycles. The van der Waals surface area contributed by atoms with Crippen LogP contribution in [0.4, 0.5) is 9.59 Å². The summed E-state index contributed by atoms with van der Waals surface area (Å²) in [5, 5.41) is 5.45. The van der Waals surface area contributed by atoms with Gasteiger partial charge in [-0.1, -0.05) is 133 Å². The molecule has 5 amide bonds. The Labute approximate surface area is 410 Å². The van der Waals surface area contributed by atoms with Crippen molar-refractivity contribution in [2.75, 3.05) is 21.1 Å². The van der Waals surface area contributed by atoms with Crippen LogP contribution >= 0.6 is 0 Å². The second kappa shape index (κ2) is 28.8. The monoisotopic (exact) mass is 945 g/mol. The smallest absolute Gasteiger partial charge is 0.408 e. The predicted molar refractivity (Wildman–Crippen MR) is 276 cm³/mol. The van der Waals surface area contributed by atoms with Crippen LogP contribution in [0.25, 0.3) is 0 Å². The van der Waals surface area contributed by atoms with Gasteiger partial charge in [-0.25, -0.2) is 9.59 Å². The summed E-state index contributed by atoms with van der Waals surface area (Å²) >= 11 is 0. The molecule has 3 aromatic rings. The molecule has 3 unspecified atom stereocenters. The molecule has 380 valence electrons. The number of hydrogen-bond acceptors (Lipinski definition) is 8. The lowest BCUT2D eigenvalue weighted by molar-refractivity contribution is -0.138. The molecule has 0 saturated carbocycles. The molecule has 3 heterocycles. The van der Waals surface area contributed by atoms with Gasteiger partial charge < -0.3 is 40.5 Å². The molecule has 13 heteroatoms. The first kappa shape index (κ1) is 60.6. The molecule has 3 aliphatic heterocycles. The van der Waals surface area contributed by atoms with E-state index in [-0.39, 0.29) is 53.7 Å². The second-order valence-electron chi connectivity index (χ2n) is 18.8. The quantitative estimate of drug-likeness (QED) is 0.228. The summed E-state index contributed by atoms with van der Waals surface area (Å²) in [4.78, 5) is 65.8. The second-order valence-corrected chi connectivity index (χ2v) is 18.8. The van der Waals surface area contributed by atoms with E-state index in [0.717, 1.165) is 6.42 Å². The van der Waals surface area contributed by atoms with Gasteiger partial charge in [-0.3, -0.25) is 14.4 Å². The fourth-order valence-corrected chi connectivity index (χ4v) is 8.33. The van der Waals surface area contributed by atoms with Crippen LogP contribution in [0.2, 0.25) is 0 Å². The number of piperidine rings is 3. The molecule has 3 fully saturated rings. The molecule has 3 aliphatic rings. The third-order valence-corrected chi connectivity index (χ3v) is 12.1. The van der Waals surface area contributed by atoms with E-state index in [0.29, 0.717) is 18.8 Å². The van der Waals surface area contributed by atoms with Gasteiger partial charge in [-0.15, -0.1) is 0 Å². The number of ether oxygens (including phenoxy) is 2. The Kier molecular flexibility index (Phi) is 25.7. The van der Waals surface area contributed by atoms with E-state index in [1.807, 2.05) is 117 Å². The Hall–Kier alpha value is -5.43. The maximum atomic E-state index is 12.5. The Morgan fingerprint density at radius 1 is 0.485 bits per heavy atom. The highest BCUT2D eigenvalue weighted by Crippen LogP contribution is 2.35. The van der Waals surface area contributed by atoms with Crippen molar-refractivity contribution in [2.24, 2.45) is 5.73 Å². The zero-order valence-electron chi connectivity index (χ0n) is 44.8. The van der Waals surface area contributed by atoms with Crippen LogP contribution in [0.3, 0.4) is 0 Å².